The lowest BCUT2D eigenvalue weighted by Gasteiger charge is -2.12. The third-order valence-corrected chi connectivity index (χ3v) is 3.49. The summed E-state index contributed by atoms with van der Waals surface area (Å²) < 4.78 is 3.20. The van der Waals surface area contributed by atoms with Crippen LogP contribution in [0.4, 0.5) is 0 Å². The summed E-state index contributed by atoms with van der Waals surface area (Å²) in [6.07, 6.45) is 8.01. The van der Waals surface area contributed by atoms with Crippen LogP contribution in [0.5, 0.6) is 0 Å². The number of allylic oxidation sites excluding steroid dienone is 2. The summed E-state index contributed by atoms with van der Waals surface area (Å²) in [4.78, 5) is 36.8. The molecule has 0 aliphatic rings. The molecule has 6 heteroatoms. The molecule has 0 bridgehead atoms. The number of nitrogens with zero attached hydrogens (tertiary/aromatic N) is 3. The zero-order chi connectivity index (χ0) is 16.5. The van der Waals surface area contributed by atoms with E-state index in [-0.39, 0.29) is 13.1 Å². The summed E-state index contributed by atoms with van der Waals surface area (Å²) in [6, 6.07) is 0. The second kappa shape index (κ2) is 9.02. The molecule has 6 nitrogen and oxygen atoms in total. The highest BCUT2D eigenvalue weighted by atomic mass is 16.2. The third kappa shape index (κ3) is 4.19. The minimum Gasteiger partial charge on any atom is -0.247 e. The van der Waals surface area contributed by atoms with Gasteiger partial charge < -0.3 is 0 Å². The number of hydrogen-bond acceptors (Lipinski definition) is 3. The largest absolute Gasteiger partial charge is 0.336 e. The van der Waals surface area contributed by atoms with Crippen molar-refractivity contribution in [1.29, 1.82) is 0 Å². The molecule has 1 aromatic rings. The molecule has 0 fully saturated rings. The molecule has 1 aromatic heterocycles. The number of unbranched alkanes of at least 4 members (excludes halogenated alkanes) is 4. The molecule has 0 saturated heterocycles. The Hall–Kier alpha value is -2.11. The lowest BCUT2D eigenvalue weighted by atomic mass is 10.1. The summed E-state index contributed by atoms with van der Waals surface area (Å²) in [5.41, 5.74) is -1.74. The van der Waals surface area contributed by atoms with Crippen LogP contribution in [0.3, 0.4) is 0 Å². The molecule has 1 heterocycles. The molecule has 1 rings (SSSR count). The molecule has 0 radical (unpaired) electrons. The number of aromatic nitrogens is 3. The SMILES string of the molecule is C=CCn1c(=O)n(CC=C)c(=O)n(CCCCCCC)c1=O. The highest BCUT2D eigenvalue weighted by Gasteiger charge is 2.13. The van der Waals surface area contributed by atoms with Crippen molar-refractivity contribution in [1.82, 2.24) is 13.7 Å². The minimum atomic E-state index is -0.614. The van der Waals surface area contributed by atoms with Crippen molar-refractivity contribution >= 4 is 0 Å². The van der Waals surface area contributed by atoms with Gasteiger partial charge >= 0.3 is 17.1 Å². The Morgan fingerprint density at radius 3 is 1.68 bits per heavy atom. The van der Waals surface area contributed by atoms with Crippen molar-refractivity contribution < 1.29 is 0 Å². The van der Waals surface area contributed by atoms with Crippen molar-refractivity contribution in [3.8, 4) is 0 Å². The fraction of sp³-hybridized carbons (Fsp3) is 0.562. The van der Waals surface area contributed by atoms with E-state index in [0.717, 1.165) is 45.8 Å². The van der Waals surface area contributed by atoms with Crippen molar-refractivity contribution in [3.05, 3.63) is 56.8 Å². The molecule has 0 spiro atoms. The second-order valence-corrected chi connectivity index (χ2v) is 5.21. The maximum Gasteiger partial charge on any atom is 0.336 e. The lowest BCUT2D eigenvalue weighted by molar-refractivity contribution is 0.458. The first-order valence-corrected chi connectivity index (χ1v) is 7.74. The van der Waals surface area contributed by atoms with Gasteiger partial charge in [0.25, 0.3) is 0 Å². The van der Waals surface area contributed by atoms with E-state index in [9.17, 15) is 14.4 Å². The maximum atomic E-state index is 12.3. The van der Waals surface area contributed by atoms with Crippen molar-refractivity contribution in [3.63, 3.8) is 0 Å². The Kier molecular flexibility index (Phi) is 7.36. The van der Waals surface area contributed by atoms with E-state index in [1.807, 2.05) is 0 Å². The molecule has 0 aliphatic heterocycles. The number of hydrogen-bond donors (Lipinski definition) is 0. The van der Waals surface area contributed by atoms with Gasteiger partial charge in [-0.3, -0.25) is 0 Å². The van der Waals surface area contributed by atoms with Gasteiger partial charge in [-0.1, -0.05) is 44.8 Å². The van der Waals surface area contributed by atoms with Crippen LogP contribution in [0.2, 0.25) is 0 Å². The van der Waals surface area contributed by atoms with Crippen LogP contribution in [0.1, 0.15) is 39.0 Å². The van der Waals surface area contributed by atoms with Crippen molar-refractivity contribution in [2.24, 2.45) is 0 Å². The first-order valence-electron chi connectivity index (χ1n) is 7.74. The monoisotopic (exact) mass is 307 g/mol. The Bertz CT molecular complexity index is 631. The Morgan fingerprint density at radius 1 is 0.773 bits per heavy atom. The van der Waals surface area contributed by atoms with E-state index < -0.39 is 17.1 Å². The van der Waals surface area contributed by atoms with E-state index in [1.54, 1.807) is 0 Å². The maximum absolute atomic E-state index is 12.3. The van der Waals surface area contributed by atoms with Gasteiger partial charge in [-0.25, -0.2) is 28.1 Å². The molecule has 0 saturated carbocycles. The topological polar surface area (TPSA) is 66.0 Å². The van der Waals surface area contributed by atoms with Crippen LogP contribution in [0, 0.1) is 0 Å². The third-order valence-electron chi connectivity index (χ3n) is 3.49. The minimum absolute atomic E-state index is 0.0882. The number of rotatable bonds is 10. The van der Waals surface area contributed by atoms with Gasteiger partial charge in [0.15, 0.2) is 0 Å². The normalized spacial score (nSPS) is 10.6. The zero-order valence-corrected chi connectivity index (χ0v) is 13.3. The standard InChI is InChI=1S/C16H25N3O3/c1-4-7-8-9-10-13-19-15(21)17(11-5-2)14(20)18(12-6-3)16(19)22/h5-6H,2-4,7-13H2,1H3. The van der Waals surface area contributed by atoms with E-state index >= 15 is 0 Å². The van der Waals surface area contributed by atoms with Crippen molar-refractivity contribution in [2.75, 3.05) is 0 Å². The molecule has 0 unspecified atom stereocenters. The molecule has 0 atom stereocenters. The van der Waals surface area contributed by atoms with Gasteiger partial charge in [0, 0.05) is 6.54 Å². The molecule has 0 aliphatic carbocycles. The van der Waals surface area contributed by atoms with E-state index in [4.69, 9.17) is 0 Å². The Morgan fingerprint density at radius 2 is 1.23 bits per heavy atom. The Balaban J connectivity index is 3.17. The average Bonchev–Trinajstić information content (AvgIpc) is 2.51. The van der Waals surface area contributed by atoms with E-state index in [2.05, 4.69) is 20.1 Å². The summed E-state index contributed by atoms with van der Waals surface area (Å²) >= 11 is 0. The van der Waals surface area contributed by atoms with Crippen LogP contribution in [-0.2, 0) is 19.6 Å². The lowest BCUT2D eigenvalue weighted by Crippen LogP contribution is -2.54. The molecular weight excluding hydrogens is 282 g/mol. The molecule has 0 N–H and O–H groups in total. The summed E-state index contributed by atoms with van der Waals surface area (Å²) in [5.74, 6) is 0. The average molecular weight is 307 g/mol. The van der Waals surface area contributed by atoms with Gasteiger partial charge in [-0.05, 0) is 6.42 Å². The fourth-order valence-corrected chi connectivity index (χ4v) is 2.32. The zero-order valence-electron chi connectivity index (χ0n) is 13.3. The molecule has 122 valence electrons. The van der Waals surface area contributed by atoms with Crippen LogP contribution >= 0.6 is 0 Å². The highest BCUT2D eigenvalue weighted by molar-refractivity contribution is 4.84. The summed E-state index contributed by atoms with van der Waals surface area (Å²) in [7, 11) is 0. The van der Waals surface area contributed by atoms with E-state index in [0.29, 0.717) is 6.54 Å². The highest BCUT2D eigenvalue weighted by Crippen LogP contribution is 2.02. The van der Waals surface area contributed by atoms with Gasteiger partial charge in [-0.15, -0.1) is 13.2 Å². The molecular formula is C16H25N3O3. The summed E-state index contributed by atoms with van der Waals surface area (Å²) in [6.45, 7) is 9.73. The van der Waals surface area contributed by atoms with Crippen LogP contribution in [0.25, 0.3) is 0 Å². The molecule has 0 amide bonds. The van der Waals surface area contributed by atoms with Gasteiger partial charge in [0.1, 0.15) is 0 Å². The Labute approximate surface area is 130 Å². The molecule has 0 aromatic carbocycles. The van der Waals surface area contributed by atoms with Crippen LogP contribution in [-0.4, -0.2) is 13.7 Å². The fourth-order valence-electron chi connectivity index (χ4n) is 2.32. The van der Waals surface area contributed by atoms with Gasteiger partial charge in [0.2, 0.25) is 0 Å². The van der Waals surface area contributed by atoms with Gasteiger partial charge in [-0.2, -0.15) is 0 Å². The van der Waals surface area contributed by atoms with Crippen molar-refractivity contribution in [2.45, 2.75) is 58.7 Å². The van der Waals surface area contributed by atoms with Crippen LogP contribution < -0.4 is 17.1 Å². The first kappa shape index (κ1) is 17.9. The predicted molar refractivity (Wildman–Crippen MR) is 88.4 cm³/mol. The van der Waals surface area contributed by atoms with E-state index in [1.165, 1.54) is 12.2 Å². The smallest absolute Gasteiger partial charge is 0.247 e. The second-order valence-electron chi connectivity index (χ2n) is 5.21. The molecule has 22 heavy (non-hydrogen) atoms. The summed E-state index contributed by atoms with van der Waals surface area (Å²) in [5, 5.41) is 0. The quantitative estimate of drug-likeness (QED) is 0.486. The van der Waals surface area contributed by atoms with Crippen LogP contribution in [0.15, 0.2) is 39.7 Å². The first-order chi connectivity index (χ1) is 10.6. The predicted octanol–water partition coefficient (Wildman–Crippen LogP) is 1.51. The van der Waals surface area contributed by atoms with Gasteiger partial charge in [0.05, 0.1) is 13.1 Å².